The van der Waals surface area contributed by atoms with Gasteiger partial charge in [-0.2, -0.15) is 5.10 Å². The molecule has 0 saturated carbocycles. The van der Waals surface area contributed by atoms with E-state index in [1.54, 1.807) is 18.2 Å². The minimum absolute atomic E-state index is 0.215. The first-order valence-electron chi connectivity index (χ1n) is 8.78. The maximum Gasteiger partial charge on any atom is 0.337 e. The number of esters is 1. The van der Waals surface area contributed by atoms with Gasteiger partial charge in [-0.1, -0.05) is 23.7 Å². The lowest BCUT2D eigenvalue weighted by atomic mass is 10.1. The van der Waals surface area contributed by atoms with E-state index in [9.17, 15) is 14.4 Å². The van der Waals surface area contributed by atoms with Gasteiger partial charge in [0, 0.05) is 28.8 Å². The van der Waals surface area contributed by atoms with E-state index < -0.39 is 5.97 Å². The van der Waals surface area contributed by atoms with Crippen LogP contribution in [-0.4, -0.2) is 35.3 Å². The monoisotopic (exact) mass is 411 g/mol. The Bertz CT molecular complexity index is 1080. The molecule has 29 heavy (non-hydrogen) atoms. The molecule has 0 aliphatic rings. The van der Waals surface area contributed by atoms with Crippen LogP contribution in [-0.2, 0) is 11.3 Å². The number of halogens is 1. The normalized spacial score (nSPS) is 10.4. The molecule has 0 unspecified atom stereocenters. The molecule has 2 aromatic carbocycles. The number of nitrogens with one attached hydrogen (secondary N) is 1. The Balaban J connectivity index is 1.63. The maximum atomic E-state index is 12.2. The molecule has 1 N–H and O–H groups in total. The van der Waals surface area contributed by atoms with Crippen LogP contribution in [0.4, 0.5) is 0 Å². The summed E-state index contributed by atoms with van der Waals surface area (Å²) in [7, 11) is 1.29. The molecular weight excluding hydrogens is 394 g/mol. The second-order valence-electron chi connectivity index (χ2n) is 6.11. The van der Waals surface area contributed by atoms with Crippen molar-refractivity contribution in [2.45, 2.75) is 6.54 Å². The first-order valence-corrected chi connectivity index (χ1v) is 9.16. The molecule has 1 amide bonds. The first-order chi connectivity index (χ1) is 14.0. The van der Waals surface area contributed by atoms with Crippen molar-refractivity contribution in [1.29, 1.82) is 0 Å². The topological polar surface area (TPSA) is 90.3 Å². The number of hydrogen-bond donors (Lipinski definition) is 1. The summed E-state index contributed by atoms with van der Waals surface area (Å²) in [5.74, 6) is -0.786. The zero-order valence-electron chi connectivity index (χ0n) is 15.6. The lowest BCUT2D eigenvalue weighted by Crippen LogP contribution is -2.32. The lowest BCUT2D eigenvalue weighted by Gasteiger charge is -2.09. The average molecular weight is 412 g/mol. The van der Waals surface area contributed by atoms with E-state index in [4.69, 9.17) is 11.6 Å². The number of aromatic nitrogens is 2. The Hall–Kier alpha value is -3.45. The van der Waals surface area contributed by atoms with Gasteiger partial charge in [0.05, 0.1) is 24.9 Å². The van der Waals surface area contributed by atoms with Crippen LogP contribution in [0.15, 0.2) is 65.5 Å². The Morgan fingerprint density at radius 3 is 2.31 bits per heavy atom. The van der Waals surface area contributed by atoms with Crippen LogP contribution in [0.25, 0.3) is 11.3 Å². The Labute approximate surface area is 171 Å². The minimum atomic E-state index is -0.469. The van der Waals surface area contributed by atoms with Crippen molar-refractivity contribution in [1.82, 2.24) is 15.1 Å². The van der Waals surface area contributed by atoms with Crippen molar-refractivity contribution in [2.75, 3.05) is 13.7 Å². The van der Waals surface area contributed by atoms with E-state index in [-0.39, 0.29) is 24.6 Å². The quantitative estimate of drug-likeness (QED) is 0.630. The highest BCUT2D eigenvalue weighted by molar-refractivity contribution is 6.30. The van der Waals surface area contributed by atoms with Crippen LogP contribution in [0.5, 0.6) is 0 Å². The molecule has 8 heteroatoms. The zero-order chi connectivity index (χ0) is 20.8. The second-order valence-corrected chi connectivity index (χ2v) is 6.55. The third-order valence-electron chi connectivity index (χ3n) is 4.18. The Morgan fingerprint density at radius 2 is 1.66 bits per heavy atom. The summed E-state index contributed by atoms with van der Waals surface area (Å²) in [5.41, 5.74) is 1.95. The molecule has 0 bridgehead atoms. The fourth-order valence-corrected chi connectivity index (χ4v) is 2.76. The average Bonchev–Trinajstić information content (AvgIpc) is 2.75. The molecule has 0 atom stereocenters. The highest BCUT2D eigenvalue weighted by Gasteiger charge is 2.09. The molecule has 1 heterocycles. The molecule has 1 aromatic heterocycles. The number of carbonyl (C=O) groups is 2. The van der Waals surface area contributed by atoms with Crippen LogP contribution in [0.2, 0.25) is 5.02 Å². The van der Waals surface area contributed by atoms with Gasteiger partial charge in [-0.05, 0) is 42.5 Å². The van der Waals surface area contributed by atoms with Gasteiger partial charge in [-0.25, -0.2) is 9.48 Å². The SMILES string of the molecule is COC(=O)c1ccc(C(=O)NCCn2nc(-c3ccc(Cl)cc3)ccc2=O)cc1. The third-order valence-corrected chi connectivity index (χ3v) is 4.44. The maximum absolute atomic E-state index is 12.2. The number of amides is 1. The predicted molar refractivity (Wildman–Crippen MR) is 109 cm³/mol. The number of rotatable bonds is 6. The molecule has 3 aromatic rings. The summed E-state index contributed by atoms with van der Waals surface area (Å²) in [5, 5.41) is 7.69. The van der Waals surface area contributed by atoms with E-state index >= 15 is 0 Å². The molecule has 0 radical (unpaired) electrons. The number of hydrogen-bond acceptors (Lipinski definition) is 5. The highest BCUT2D eigenvalue weighted by atomic mass is 35.5. The smallest absolute Gasteiger partial charge is 0.337 e. The Kier molecular flexibility index (Phi) is 6.41. The number of carbonyl (C=O) groups excluding carboxylic acids is 2. The van der Waals surface area contributed by atoms with Crippen LogP contribution < -0.4 is 10.9 Å². The van der Waals surface area contributed by atoms with E-state index in [2.05, 4.69) is 15.2 Å². The molecule has 0 aliphatic carbocycles. The summed E-state index contributed by atoms with van der Waals surface area (Å²) in [6.45, 7) is 0.431. The second kappa shape index (κ2) is 9.16. The van der Waals surface area contributed by atoms with Gasteiger partial charge in [-0.3, -0.25) is 9.59 Å². The van der Waals surface area contributed by atoms with E-state index in [0.717, 1.165) is 5.56 Å². The fourth-order valence-electron chi connectivity index (χ4n) is 2.64. The van der Waals surface area contributed by atoms with Crippen molar-refractivity contribution in [3.05, 3.63) is 87.2 Å². The van der Waals surface area contributed by atoms with Crippen molar-refractivity contribution < 1.29 is 14.3 Å². The van der Waals surface area contributed by atoms with Crippen molar-refractivity contribution >= 4 is 23.5 Å². The largest absolute Gasteiger partial charge is 0.465 e. The molecule has 0 fully saturated rings. The van der Waals surface area contributed by atoms with Crippen LogP contribution in [0.1, 0.15) is 20.7 Å². The van der Waals surface area contributed by atoms with Crippen molar-refractivity contribution in [3.63, 3.8) is 0 Å². The fraction of sp³-hybridized carbons (Fsp3) is 0.143. The molecule has 7 nitrogen and oxygen atoms in total. The minimum Gasteiger partial charge on any atom is -0.465 e. The summed E-state index contributed by atoms with van der Waals surface area (Å²) in [6, 6.07) is 16.3. The van der Waals surface area contributed by atoms with Gasteiger partial charge in [0.1, 0.15) is 0 Å². The Morgan fingerprint density at radius 1 is 1.00 bits per heavy atom. The first kappa shape index (κ1) is 20.3. The van der Waals surface area contributed by atoms with Gasteiger partial charge in [0.25, 0.3) is 11.5 Å². The molecule has 0 saturated heterocycles. The van der Waals surface area contributed by atoms with Crippen molar-refractivity contribution in [3.8, 4) is 11.3 Å². The van der Waals surface area contributed by atoms with Crippen LogP contribution in [0, 0.1) is 0 Å². The van der Waals surface area contributed by atoms with E-state index in [0.29, 0.717) is 21.8 Å². The number of nitrogens with zero attached hydrogens (tertiary/aromatic N) is 2. The molecule has 0 aliphatic heterocycles. The standard InChI is InChI=1S/C21H18ClN3O4/c1-29-21(28)16-4-2-15(3-5-16)20(27)23-12-13-25-19(26)11-10-18(24-25)14-6-8-17(22)9-7-14/h2-11H,12-13H2,1H3,(H,23,27). The van der Waals surface area contributed by atoms with Gasteiger partial charge < -0.3 is 10.1 Å². The van der Waals surface area contributed by atoms with Crippen LogP contribution >= 0.6 is 11.6 Å². The lowest BCUT2D eigenvalue weighted by molar-refractivity contribution is 0.0600. The zero-order valence-corrected chi connectivity index (χ0v) is 16.3. The van der Waals surface area contributed by atoms with Gasteiger partial charge in [-0.15, -0.1) is 0 Å². The molecular formula is C21H18ClN3O4. The van der Waals surface area contributed by atoms with Crippen LogP contribution in [0.3, 0.4) is 0 Å². The van der Waals surface area contributed by atoms with E-state index in [1.165, 1.54) is 42.1 Å². The summed E-state index contributed by atoms with van der Waals surface area (Å²) >= 11 is 5.90. The summed E-state index contributed by atoms with van der Waals surface area (Å²) < 4.78 is 5.92. The highest BCUT2D eigenvalue weighted by Crippen LogP contribution is 2.18. The molecule has 3 rings (SSSR count). The van der Waals surface area contributed by atoms with Crippen molar-refractivity contribution in [2.24, 2.45) is 0 Å². The third kappa shape index (κ3) is 5.08. The summed E-state index contributed by atoms with van der Waals surface area (Å²) in [6.07, 6.45) is 0. The molecule has 148 valence electrons. The summed E-state index contributed by atoms with van der Waals surface area (Å²) in [4.78, 5) is 35.7. The van der Waals surface area contributed by atoms with Gasteiger partial charge >= 0.3 is 5.97 Å². The number of methoxy groups -OCH3 is 1. The van der Waals surface area contributed by atoms with Gasteiger partial charge in [0.15, 0.2) is 0 Å². The number of benzene rings is 2. The predicted octanol–water partition coefficient (Wildman–Crippen LogP) is 2.78. The number of ether oxygens (including phenoxy) is 1. The van der Waals surface area contributed by atoms with E-state index in [1.807, 2.05) is 12.1 Å². The van der Waals surface area contributed by atoms with Gasteiger partial charge in [0.2, 0.25) is 0 Å². The molecule has 0 spiro atoms.